The molecule has 1 atom stereocenters. The van der Waals surface area contributed by atoms with Gasteiger partial charge in [-0.15, -0.1) is 0 Å². The molecule has 0 saturated carbocycles. The zero-order chi connectivity index (χ0) is 15.0. The Labute approximate surface area is 124 Å². The maximum absolute atomic E-state index is 12.4. The lowest BCUT2D eigenvalue weighted by Gasteiger charge is -2.33. The highest BCUT2D eigenvalue weighted by Gasteiger charge is 2.31. The Bertz CT molecular complexity index is 697. The van der Waals surface area contributed by atoms with Crippen molar-refractivity contribution in [3.63, 3.8) is 0 Å². The molecule has 108 valence electrons. The molecule has 1 heterocycles. The Morgan fingerprint density at radius 1 is 1.24 bits per heavy atom. The molecule has 2 N–H and O–H groups in total. The zero-order valence-electron chi connectivity index (χ0n) is 12.2. The van der Waals surface area contributed by atoms with Gasteiger partial charge in [0.25, 0.3) is 5.91 Å². The van der Waals surface area contributed by atoms with Crippen LogP contribution >= 0.6 is 0 Å². The summed E-state index contributed by atoms with van der Waals surface area (Å²) < 4.78 is 5.65. The van der Waals surface area contributed by atoms with Gasteiger partial charge in [-0.3, -0.25) is 4.79 Å². The third-order valence-corrected chi connectivity index (χ3v) is 3.62. The number of anilines is 2. The van der Waals surface area contributed by atoms with E-state index in [0.29, 0.717) is 18.0 Å². The van der Waals surface area contributed by atoms with E-state index in [9.17, 15) is 4.79 Å². The highest BCUT2D eigenvalue weighted by molar-refractivity contribution is 6.00. The second kappa shape index (κ2) is 5.13. The number of fused-ring (bicyclic) bond motifs is 1. The Balaban J connectivity index is 1.99. The lowest BCUT2D eigenvalue weighted by molar-refractivity contribution is -0.125. The summed E-state index contributed by atoms with van der Waals surface area (Å²) >= 11 is 0. The number of nitrogen functional groups attached to an aromatic ring is 1. The van der Waals surface area contributed by atoms with E-state index < -0.39 is 6.10 Å². The molecule has 2 aromatic rings. The normalized spacial score (nSPS) is 17.3. The molecular weight excluding hydrogens is 264 g/mol. The Morgan fingerprint density at radius 2 is 2.05 bits per heavy atom. The predicted molar refractivity (Wildman–Crippen MR) is 83.3 cm³/mol. The van der Waals surface area contributed by atoms with Gasteiger partial charge < -0.3 is 15.4 Å². The van der Waals surface area contributed by atoms with Crippen LogP contribution in [0.2, 0.25) is 0 Å². The van der Waals surface area contributed by atoms with Crippen molar-refractivity contribution >= 4 is 17.3 Å². The van der Waals surface area contributed by atoms with Gasteiger partial charge in [-0.2, -0.15) is 0 Å². The SMILES string of the molecule is Cc1cccc(CN2C(=O)[C@@H](C)Oc3cc(N)ccc32)c1. The van der Waals surface area contributed by atoms with Gasteiger partial charge in [-0.05, 0) is 31.5 Å². The van der Waals surface area contributed by atoms with Gasteiger partial charge in [-0.1, -0.05) is 29.8 Å². The fourth-order valence-electron chi connectivity index (χ4n) is 2.58. The largest absolute Gasteiger partial charge is 0.479 e. The molecule has 1 amide bonds. The predicted octanol–water partition coefficient (Wildman–Crippen LogP) is 2.89. The van der Waals surface area contributed by atoms with Gasteiger partial charge in [0.15, 0.2) is 6.10 Å². The smallest absolute Gasteiger partial charge is 0.268 e. The Morgan fingerprint density at radius 3 is 2.81 bits per heavy atom. The molecule has 0 saturated heterocycles. The molecule has 21 heavy (non-hydrogen) atoms. The highest BCUT2D eigenvalue weighted by Crippen LogP contribution is 2.36. The van der Waals surface area contributed by atoms with Crippen LogP contribution in [0, 0.1) is 6.92 Å². The van der Waals surface area contributed by atoms with Gasteiger partial charge in [0, 0.05) is 11.8 Å². The van der Waals surface area contributed by atoms with Crippen LogP contribution in [0.1, 0.15) is 18.1 Å². The Hall–Kier alpha value is -2.49. The summed E-state index contributed by atoms with van der Waals surface area (Å²) in [5.41, 5.74) is 9.48. The summed E-state index contributed by atoms with van der Waals surface area (Å²) in [5.74, 6) is 0.628. The van der Waals surface area contributed by atoms with Crippen LogP contribution in [0.5, 0.6) is 5.75 Å². The van der Waals surface area contributed by atoms with Crippen molar-refractivity contribution in [2.45, 2.75) is 26.5 Å². The van der Waals surface area contributed by atoms with Gasteiger partial charge in [0.05, 0.1) is 12.2 Å². The number of ether oxygens (including phenoxy) is 1. The minimum absolute atomic E-state index is 0.0335. The molecule has 0 fully saturated rings. The standard InChI is InChI=1S/C17H18N2O2/c1-11-4-3-5-13(8-11)10-19-15-7-6-14(18)9-16(15)21-12(2)17(19)20/h3-9,12H,10,18H2,1-2H3/t12-/m1/s1. The lowest BCUT2D eigenvalue weighted by Crippen LogP contribution is -2.44. The van der Waals surface area contributed by atoms with E-state index in [0.717, 1.165) is 11.3 Å². The fourth-order valence-corrected chi connectivity index (χ4v) is 2.58. The molecule has 3 rings (SSSR count). The second-order valence-electron chi connectivity index (χ2n) is 5.40. The number of hydrogen-bond donors (Lipinski definition) is 1. The first-order valence-corrected chi connectivity index (χ1v) is 6.98. The summed E-state index contributed by atoms with van der Waals surface area (Å²) in [6.45, 7) is 4.34. The van der Waals surface area contributed by atoms with Gasteiger partial charge in [-0.25, -0.2) is 0 Å². The van der Waals surface area contributed by atoms with E-state index in [1.54, 1.807) is 24.0 Å². The van der Waals surface area contributed by atoms with Crippen molar-refractivity contribution in [3.05, 3.63) is 53.6 Å². The van der Waals surface area contributed by atoms with Crippen molar-refractivity contribution in [1.29, 1.82) is 0 Å². The third-order valence-electron chi connectivity index (χ3n) is 3.62. The van der Waals surface area contributed by atoms with E-state index >= 15 is 0 Å². The average Bonchev–Trinajstić information content (AvgIpc) is 2.44. The van der Waals surface area contributed by atoms with Crippen molar-refractivity contribution < 1.29 is 9.53 Å². The van der Waals surface area contributed by atoms with E-state index in [4.69, 9.17) is 10.5 Å². The minimum Gasteiger partial charge on any atom is -0.479 e. The molecule has 0 radical (unpaired) electrons. The van der Waals surface area contributed by atoms with Gasteiger partial charge in [0.1, 0.15) is 5.75 Å². The topological polar surface area (TPSA) is 55.6 Å². The quantitative estimate of drug-likeness (QED) is 0.862. The average molecular weight is 282 g/mol. The molecular formula is C17H18N2O2. The molecule has 0 unspecified atom stereocenters. The number of benzene rings is 2. The minimum atomic E-state index is -0.496. The van der Waals surface area contributed by atoms with Crippen molar-refractivity contribution in [3.8, 4) is 5.75 Å². The highest BCUT2D eigenvalue weighted by atomic mass is 16.5. The lowest BCUT2D eigenvalue weighted by atomic mass is 10.1. The summed E-state index contributed by atoms with van der Waals surface area (Å²) in [6, 6.07) is 13.5. The number of aryl methyl sites for hydroxylation is 1. The Kier molecular flexibility index (Phi) is 3.29. The number of nitrogens with two attached hydrogens (primary N) is 1. The zero-order valence-corrected chi connectivity index (χ0v) is 12.2. The summed E-state index contributed by atoms with van der Waals surface area (Å²) in [7, 11) is 0. The molecule has 0 spiro atoms. The first kappa shape index (κ1) is 13.5. The van der Waals surface area contributed by atoms with Crippen molar-refractivity contribution in [1.82, 2.24) is 0 Å². The number of hydrogen-bond acceptors (Lipinski definition) is 3. The number of carbonyl (C=O) groups is 1. The molecule has 0 bridgehead atoms. The van der Waals surface area contributed by atoms with Crippen LogP contribution in [-0.4, -0.2) is 12.0 Å². The second-order valence-corrected chi connectivity index (χ2v) is 5.40. The number of amides is 1. The van der Waals surface area contributed by atoms with Crippen LogP contribution < -0.4 is 15.4 Å². The fraction of sp³-hybridized carbons (Fsp3) is 0.235. The maximum Gasteiger partial charge on any atom is 0.268 e. The van der Waals surface area contributed by atoms with Crippen LogP contribution in [0.15, 0.2) is 42.5 Å². The summed E-state index contributed by atoms with van der Waals surface area (Å²) in [5, 5.41) is 0. The third kappa shape index (κ3) is 2.57. The number of rotatable bonds is 2. The van der Waals surface area contributed by atoms with E-state index in [2.05, 4.69) is 6.07 Å². The molecule has 4 nitrogen and oxygen atoms in total. The molecule has 1 aliphatic rings. The molecule has 2 aromatic carbocycles. The number of carbonyl (C=O) groups excluding carboxylic acids is 1. The van der Waals surface area contributed by atoms with E-state index in [1.165, 1.54) is 5.56 Å². The number of nitrogens with zero attached hydrogens (tertiary/aromatic N) is 1. The summed E-state index contributed by atoms with van der Waals surface area (Å²) in [6.07, 6.45) is -0.496. The monoisotopic (exact) mass is 282 g/mol. The van der Waals surface area contributed by atoms with Crippen LogP contribution in [0.3, 0.4) is 0 Å². The summed E-state index contributed by atoms with van der Waals surface area (Å²) in [4.78, 5) is 14.2. The van der Waals surface area contributed by atoms with E-state index in [1.807, 2.05) is 31.2 Å². The van der Waals surface area contributed by atoms with Gasteiger partial charge >= 0.3 is 0 Å². The molecule has 0 aliphatic carbocycles. The van der Waals surface area contributed by atoms with Crippen LogP contribution in [0.25, 0.3) is 0 Å². The first-order valence-electron chi connectivity index (χ1n) is 6.98. The van der Waals surface area contributed by atoms with Crippen molar-refractivity contribution in [2.75, 3.05) is 10.6 Å². The van der Waals surface area contributed by atoms with Crippen molar-refractivity contribution in [2.24, 2.45) is 0 Å². The van der Waals surface area contributed by atoms with Crippen LogP contribution in [0.4, 0.5) is 11.4 Å². The van der Waals surface area contributed by atoms with E-state index in [-0.39, 0.29) is 5.91 Å². The molecule has 1 aliphatic heterocycles. The van der Waals surface area contributed by atoms with Crippen LogP contribution in [-0.2, 0) is 11.3 Å². The molecule has 0 aromatic heterocycles. The first-order chi connectivity index (χ1) is 10.0. The molecule has 4 heteroatoms. The maximum atomic E-state index is 12.4. The van der Waals surface area contributed by atoms with Gasteiger partial charge in [0.2, 0.25) is 0 Å².